The van der Waals surface area contributed by atoms with Gasteiger partial charge in [-0.05, 0) is 35.4 Å². The van der Waals surface area contributed by atoms with Crippen LogP contribution < -0.4 is 10.2 Å². The van der Waals surface area contributed by atoms with Crippen LogP contribution in [0.4, 0.5) is 4.39 Å². The van der Waals surface area contributed by atoms with E-state index in [2.05, 4.69) is 0 Å². The molecule has 0 atom stereocenters. The molecule has 0 spiro atoms. The molecular weight excluding hydrogens is 226 g/mol. The minimum atomic E-state index is -0.238. The summed E-state index contributed by atoms with van der Waals surface area (Å²) >= 11 is 0. The van der Waals surface area contributed by atoms with Crippen molar-refractivity contribution in [1.29, 1.82) is 0 Å². The van der Waals surface area contributed by atoms with Crippen molar-refractivity contribution in [3.63, 3.8) is 0 Å². The number of hydrogen-bond donors (Lipinski definition) is 0. The summed E-state index contributed by atoms with van der Waals surface area (Å²) in [6.07, 6.45) is 3.81. The second-order valence-corrected chi connectivity index (χ2v) is 3.92. The fourth-order valence-corrected chi connectivity index (χ4v) is 1.63. The van der Waals surface area contributed by atoms with Crippen molar-refractivity contribution < 1.29 is 9.13 Å². The van der Waals surface area contributed by atoms with E-state index in [0.717, 1.165) is 11.1 Å². The molecular formula is C15H12BFO. The zero-order valence-corrected chi connectivity index (χ0v) is 10.1. The van der Waals surface area contributed by atoms with Crippen LogP contribution in [0.25, 0.3) is 12.2 Å². The molecule has 2 aromatic carbocycles. The smallest absolute Gasteiger partial charge is 0.123 e. The van der Waals surface area contributed by atoms with Crippen molar-refractivity contribution >= 4 is 25.5 Å². The zero-order chi connectivity index (χ0) is 13.0. The summed E-state index contributed by atoms with van der Waals surface area (Å²) in [7, 11) is 7.36. The molecule has 0 saturated carbocycles. The Bertz CT molecular complexity index is 561. The molecule has 0 saturated heterocycles. The minimum absolute atomic E-state index is 0.238. The molecule has 0 amide bonds. The number of hydrogen-bond acceptors (Lipinski definition) is 1. The highest BCUT2D eigenvalue weighted by Crippen LogP contribution is 2.14. The number of benzene rings is 2. The van der Waals surface area contributed by atoms with Crippen LogP contribution in [0.3, 0.4) is 0 Å². The van der Waals surface area contributed by atoms with Crippen molar-refractivity contribution in [1.82, 2.24) is 0 Å². The van der Waals surface area contributed by atoms with E-state index in [9.17, 15) is 4.39 Å². The molecule has 0 aliphatic rings. The monoisotopic (exact) mass is 238 g/mol. The first kappa shape index (κ1) is 12.4. The van der Waals surface area contributed by atoms with Crippen LogP contribution in [-0.4, -0.2) is 15.0 Å². The van der Waals surface area contributed by atoms with Gasteiger partial charge >= 0.3 is 0 Å². The van der Waals surface area contributed by atoms with Crippen LogP contribution in [-0.2, 0) is 0 Å². The summed E-state index contributed by atoms with van der Waals surface area (Å²) in [5.41, 5.74) is 2.52. The highest BCUT2D eigenvalue weighted by Gasteiger charge is 1.95. The van der Waals surface area contributed by atoms with Crippen molar-refractivity contribution in [3.8, 4) is 5.75 Å². The van der Waals surface area contributed by atoms with Gasteiger partial charge in [0.25, 0.3) is 0 Å². The highest BCUT2D eigenvalue weighted by molar-refractivity contribution is 6.32. The number of methoxy groups -OCH3 is 1. The molecule has 18 heavy (non-hydrogen) atoms. The van der Waals surface area contributed by atoms with E-state index in [-0.39, 0.29) is 5.82 Å². The van der Waals surface area contributed by atoms with E-state index >= 15 is 0 Å². The topological polar surface area (TPSA) is 9.23 Å². The lowest BCUT2D eigenvalue weighted by molar-refractivity contribution is 0.415. The second kappa shape index (κ2) is 5.54. The van der Waals surface area contributed by atoms with Crippen molar-refractivity contribution in [3.05, 3.63) is 59.4 Å². The Hall–Kier alpha value is -2.03. The number of ether oxygens (including phenoxy) is 1. The van der Waals surface area contributed by atoms with Crippen LogP contribution in [0.2, 0.25) is 0 Å². The first-order valence-electron chi connectivity index (χ1n) is 5.55. The molecule has 0 aromatic heterocycles. The van der Waals surface area contributed by atoms with E-state index < -0.39 is 0 Å². The van der Waals surface area contributed by atoms with E-state index in [1.54, 1.807) is 25.3 Å². The van der Waals surface area contributed by atoms with Crippen LogP contribution >= 0.6 is 0 Å². The Morgan fingerprint density at radius 2 is 1.67 bits per heavy atom. The first-order valence-corrected chi connectivity index (χ1v) is 5.55. The summed E-state index contributed by atoms with van der Waals surface area (Å²) in [5, 5.41) is 0. The predicted molar refractivity (Wildman–Crippen MR) is 73.7 cm³/mol. The van der Waals surface area contributed by atoms with Crippen molar-refractivity contribution in [2.24, 2.45) is 0 Å². The molecule has 0 bridgehead atoms. The van der Waals surface area contributed by atoms with Crippen LogP contribution in [0.1, 0.15) is 11.1 Å². The average molecular weight is 238 g/mol. The maximum absolute atomic E-state index is 12.7. The van der Waals surface area contributed by atoms with Crippen LogP contribution in [0, 0.1) is 5.82 Å². The van der Waals surface area contributed by atoms with Crippen molar-refractivity contribution in [2.75, 3.05) is 7.11 Å². The number of rotatable bonds is 3. The van der Waals surface area contributed by atoms with E-state index in [1.807, 2.05) is 24.3 Å². The van der Waals surface area contributed by atoms with Crippen molar-refractivity contribution in [2.45, 2.75) is 0 Å². The average Bonchev–Trinajstić information content (AvgIpc) is 2.37. The number of halogens is 1. The fourth-order valence-electron chi connectivity index (χ4n) is 1.63. The van der Waals surface area contributed by atoms with Crippen LogP contribution in [0.5, 0.6) is 5.75 Å². The van der Waals surface area contributed by atoms with Gasteiger partial charge in [0.15, 0.2) is 0 Å². The summed E-state index contributed by atoms with van der Waals surface area (Å²) in [6, 6.07) is 11.8. The standard InChI is InChI=1S/C15H12BFO/c1-18-15-9-12(8-13(16)10-15)3-2-11-4-6-14(17)7-5-11/h2-10H,1H3. The van der Waals surface area contributed by atoms with Gasteiger partial charge in [0.2, 0.25) is 0 Å². The Kier molecular flexibility index (Phi) is 3.83. The third-order valence-corrected chi connectivity index (χ3v) is 2.53. The first-order chi connectivity index (χ1) is 8.67. The van der Waals surface area contributed by atoms with Gasteiger partial charge in [0.1, 0.15) is 19.4 Å². The predicted octanol–water partition coefficient (Wildman–Crippen LogP) is 2.80. The molecule has 3 heteroatoms. The molecule has 2 rings (SSSR count). The molecule has 0 unspecified atom stereocenters. The fraction of sp³-hybridized carbons (Fsp3) is 0.0667. The SMILES string of the molecule is [B]c1cc(C=Cc2ccc(F)cc2)cc(OC)c1. The molecule has 0 heterocycles. The highest BCUT2D eigenvalue weighted by atomic mass is 19.1. The quantitative estimate of drug-likeness (QED) is 0.590. The molecule has 2 radical (unpaired) electrons. The van der Waals surface area contributed by atoms with Gasteiger partial charge in [-0.3, -0.25) is 0 Å². The third-order valence-electron chi connectivity index (χ3n) is 2.53. The lowest BCUT2D eigenvalue weighted by Crippen LogP contribution is -2.02. The molecule has 0 fully saturated rings. The van der Waals surface area contributed by atoms with E-state index in [0.29, 0.717) is 11.2 Å². The Morgan fingerprint density at radius 1 is 1.00 bits per heavy atom. The Balaban J connectivity index is 2.22. The van der Waals surface area contributed by atoms with Gasteiger partial charge in [-0.2, -0.15) is 0 Å². The van der Waals surface area contributed by atoms with Gasteiger partial charge in [-0.25, -0.2) is 4.39 Å². The molecule has 88 valence electrons. The minimum Gasteiger partial charge on any atom is -0.497 e. The van der Waals surface area contributed by atoms with Gasteiger partial charge in [0.05, 0.1) is 7.11 Å². The summed E-state index contributed by atoms with van der Waals surface area (Å²) in [4.78, 5) is 0. The maximum atomic E-state index is 12.7. The normalized spacial score (nSPS) is 10.8. The summed E-state index contributed by atoms with van der Waals surface area (Å²) < 4.78 is 17.9. The lowest BCUT2D eigenvalue weighted by atomic mass is 9.94. The Morgan fingerprint density at radius 3 is 2.33 bits per heavy atom. The molecule has 1 nitrogen and oxygen atoms in total. The zero-order valence-electron chi connectivity index (χ0n) is 10.1. The lowest BCUT2D eigenvalue weighted by Gasteiger charge is -2.03. The van der Waals surface area contributed by atoms with E-state index in [1.165, 1.54) is 12.1 Å². The van der Waals surface area contributed by atoms with Gasteiger partial charge in [-0.1, -0.05) is 35.8 Å². The maximum Gasteiger partial charge on any atom is 0.123 e. The third kappa shape index (κ3) is 3.23. The largest absolute Gasteiger partial charge is 0.497 e. The van der Waals surface area contributed by atoms with Gasteiger partial charge < -0.3 is 4.74 Å². The van der Waals surface area contributed by atoms with Gasteiger partial charge in [-0.15, -0.1) is 0 Å². The van der Waals surface area contributed by atoms with E-state index in [4.69, 9.17) is 12.6 Å². The second-order valence-electron chi connectivity index (χ2n) is 3.92. The van der Waals surface area contributed by atoms with Gasteiger partial charge in [0, 0.05) is 0 Å². The Labute approximate surface area is 107 Å². The molecule has 0 N–H and O–H groups in total. The molecule has 0 aliphatic carbocycles. The molecule has 2 aromatic rings. The summed E-state index contributed by atoms with van der Waals surface area (Å²) in [6.45, 7) is 0. The summed E-state index contributed by atoms with van der Waals surface area (Å²) in [5.74, 6) is 0.478. The molecule has 0 aliphatic heterocycles. The van der Waals surface area contributed by atoms with Crippen LogP contribution in [0.15, 0.2) is 42.5 Å².